The van der Waals surface area contributed by atoms with Gasteiger partial charge in [-0.25, -0.2) is 8.51 Å². The number of aliphatic hydroxyl groups is 1. The van der Waals surface area contributed by atoms with Crippen molar-refractivity contribution in [3.8, 4) is 0 Å². The van der Waals surface area contributed by atoms with Crippen molar-refractivity contribution in [1.82, 2.24) is 4.31 Å². The summed E-state index contributed by atoms with van der Waals surface area (Å²) in [5.74, 6) is 0. The molecule has 0 amide bonds. The Morgan fingerprint density at radius 1 is 1.33 bits per heavy atom. The highest BCUT2D eigenvalue weighted by Crippen LogP contribution is 2.29. The third-order valence-corrected chi connectivity index (χ3v) is 5.68. The van der Waals surface area contributed by atoms with E-state index >= 15 is 0 Å². The number of nitrogens with zero attached hydrogens (tertiary/aromatic N) is 1. The quantitative estimate of drug-likeness (QED) is 0.783. The molecule has 5 nitrogen and oxygen atoms in total. The van der Waals surface area contributed by atoms with Gasteiger partial charge >= 0.3 is 0 Å². The van der Waals surface area contributed by atoms with Gasteiger partial charge < -0.3 is 14.6 Å². The van der Waals surface area contributed by atoms with E-state index in [1.807, 2.05) is 31.2 Å². The minimum Gasteiger partial charge on any atom is -0.392 e. The summed E-state index contributed by atoms with van der Waals surface area (Å²) in [6, 6.07) is 0.0178. The molecule has 1 N–H and O–H groups in total. The molecule has 6 heteroatoms. The van der Waals surface area contributed by atoms with E-state index in [-0.39, 0.29) is 23.7 Å². The fraction of sp³-hybridized carbons (Fsp3) is 0.867. The molecule has 2 aliphatic heterocycles. The number of aliphatic hydroxyl groups excluding tert-OH is 1. The Morgan fingerprint density at radius 3 is 2.57 bits per heavy atom. The second kappa shape index (κ2) is 7.33. The SMILES string of the molecule is CC(C)(C)[S@](=O)N1CC=C(CO)[C@@H]1CCC1OCCCO1. The molecular formula is C15H27NO4S. The van der Waals surface area contributed by atoms with Gasteiger partial charge in [0.2, 0.25) is 0 Å². The topological polar surface area (TPSA) is 59.0 Å². The van der Waals surface area contributed by atoms with Gasteiger partial charge in [0.1, 0.15) is 11.0 Å². The van der Waals surface area contributed by atoms with Crippen LogP contribution in [-0.4, -0.2) is 57.1 Å². The summed E-state index contributed by atoms with van der Waals surface area (Å²) in [6.07, 6.45) is 4.33. The molecule has 0 saturated carbocycles. The normalized spacial score (nSPS) is 26.9. The Bertz CT molecular complexity index is 399. The maximum atomic E-state index is 12.6. The highest BCUT2D eigenvalue weighted by Gasteiger charge is 2.36. The van der Waals surface area contributed by atoms with Crippen LogP contribution < -0.4 is 0 Å². The monoisotopic (exact) mass is 317 g/mol. The van der Waals surface area contributed by atoms with Gasteiger partial charge in [-0.15, -0.1) is 0 Å². The van der Waals surface area contributed by atoms with E-state index in [4.69, 9.17) is 9.47 Å². The third-order valence-electron chi connectivity index (χ3n) is 3.80. The van der Waals surface area contributed by atoms with Gasteiger partial charge in [0.15, 0.2) is 6.29 Å². The van der Waals surface area contributed by atoms with Gasteiger partial charge in [-0.1, -0.05) is 6.08 Å². The largest absolute Gasteiger partial charge is 0.392 e. The van der Waals surface area contributed by atoms with Crippen molar-refractivity contribution in [2.24, 2.45) is 0 Å². The Kier molecular flexibility index (Phi) is 5.96. The number of hydrogen-bond donors (Lipinski definition) is 1. The Morgan fingerprint density at radius 2 is 2.00 bits per heavy atom. The van der Waals surface area contributed by atoms with Gasteiger partial charge in [0.25, 0.3) is 0 Å². The van der Waals surface area contributed by atoms with E-state index in [9.17, 15) is 9.32 Å². The van der Waals surface area contributed by atoms with Crippen molar-refractivity contribution in [3.05, 3.63) is 11.6 Å². The van der Waals surface area contributed by atoms with Crippen LogP contribution in [0.1, 0.15) is 40.0 Å². The van der Waals surface area contributed by atoms with Gasteiger partial charge in [-0.05, 0) is 39.2 Å². The summed E-state index contributed by atoms with van der Waals surface area (Å²) >= 11 is 0. The zero-order valence-corrected chi connectivity index (χ0v) is 14.0. The summed E-state index contributed by atoms with van der Waals surface area (Å²) in [7, 11) is -1.08. The van der Waals surface area contributed by atoms with Gasteiger partial charge in [-0.3, -0.25) is 0 Å². The van der Waals surface area contributed by atoms with E-state index in [0.29, 0.717) is 6.54 Å². The van der Waals surface area contributed by atoms with Crippen LogP contribution in [0.2, 0.25) is 0 Å². The Hall–Kier alpha value is -0.270. The summed E-state index contributed by atoms with van der Waals surface area (Å²) < 4.78 is 25.5. The molecule has 0 radical (unpaired) electrons. The van der Waals surface area contributed by atoms with E-state index in [1.165, 1.54) is 0 Å². The predicted molar refractivity (Wildman–Crippen MR) is 83.1 cm³/mol. The summed E-state index contributed by atoms with van der Waals surface area (Å²) in [6.45, 7) is 8.08. The molecule has 0 aliphatic carbocycles. The van der Waals surface area contributed by atoms with Crippen molar-refractivity contribution >= 4 is 11.0 Å². The van der Waals surface area contributed by atoms with Crippen LogP contribution in [0.25, 0.3) is 0 Å². The van der Waals surface area contributed by atoms with E-state index < -0.39 is 11.0 Å². The first kappa shape index (κ1) is 17.1. The summed E-state index contributed by atoms with van der Waals surface area (Å²) in [5.41, 5.74) is 0.961. The molecule has 0 aromatic heterocycles. The second-order valence-corrected chi connectivity index (χ2v) is 8.71. The molecule has 0 spiro atoms. The molecule has 2 aliphatic rings. The molecular weight excluding hydrogens is 290 g/mol. The van der Waals surface area contributed by atoms with Crippen LogP contribution in [0.15, 0.2) is 11.6 Å². The summed E-state index contributed by atoms with van der Waals surface area (Å²) in [5, 5.41) is 9.52. The molecule has 2 rings (SSSR count). The Labute approximate surface area is 129 Å². The lowest BCUT2D eigenvalue weighted by Crippen LogP contribution is -2.42. The third kappa shape index (κ3) is 4.36. The number of ether oxygens (including phenoxy) is 2. The molecule has 2 atom stereocenters. The molecule has 2 heterocycles. The minimum atomic E-state index is -1.08. The van der Waals surface area contributed by atoms with E-state index in [2.05, 4.69) is 0 Å². The van der Waals surface area contributed by atoms with E-state index in [1.54, 1.807) is 0 Å². The smallest absolute Gasteiger partial charge is 0.157 e. The zero-order valence-electron chi connectivity index (χ0n) is 13.2. The standard InChI is InChI=1S/C15H27NO4S/c1-15(2,3)21(18)16-8-7-12(11-17)13(16)5-6-14-19-9-4-10-20-14/h7,13-14,17H,4-6,8-11H2,1-3H3/t13-,21-/m0/s1. The van der Waals surface area contributed by atoms with Crippen LogP contribution in [-0.2, 0) is 20.5 Å². The lowest BCUT2D eigenvalue weighted by atomic mass is 10.1. The van der Waals surface area contributed by atoms with Crippen LogP contribution >= 0.6 is 0 Å². The molecule has 0 unspecified atom stereocenters. The molecule has 122 valence electrons. The highest BCUT2D eigenvalue weighted by atomic mass is 32.2. The lowest BCUT2D eigenvalue weighted by Gasteiger charge is -2.32. The molecule has 1 saturated heterocycles. The Balaban J connectivity index is 1.97. The number of hydrogen-bond acceptors (Lipinski definition) is 4. The summed E-state index contributed by atoms with van der Waals surface area (Å²) in [4.78, 5) is 0. The van der Waals surface area contributed by atoms with Gasteiger partial charge in [-0.2, -0.15) is 0 Å². The maximum Gasteiger partial charge on any atom is 0.157 e. The minimum absolute atomic E-state index is 0.0178. The van der Waals surface area contributed by atoms with Crippen LogP contribution in [0, 0.1) is 0 Å². The fourth-order valence-electron chi connectivity index (χ4n) is 2.69. The first-order chi connectivity index (χ1) is 9.93. The predicted octanol–water partition coefficient (Wildman–Crippen LogP) is 1.59. The maximum absolute atomic E-state index is 12.6. The van der Waals surface area contributed by atoms with Crippen LogP contribution in [0.3, 0.4) is 0 Å². The molecule has 1 fully saturated rings. The fourth-order valence-corrected chi connectivity index (χ4v) is 4.07. The van der Waals surface area contributed by atoms with Crippen molar-refractivity contribution in [2.45, 2.75) is 57.1 Å². The van der Waals surface area contributed by atoms with Crippen molar-refractivity contribution in [1.29, 1.82) is 0 Å². The van der Waals surface area contributed by atoms with Crippen molar-refractivity contribution < 1.29 is 18.8 Å². The molecule has 21 heavy (non-hydrogen) atoms. The van der Waals surface area contributed by atoms with Gasteiger partial charge in [0, 0.05) is 19.0 Å². The average molecular weight is 317 g/mol. The molecule has 0 aromatic rings. The average Bonchev–Trinajstić information content (AvgIpc) is 2.87. The number of rotatable bonds is 5. The van der Waals surface area contributed by atoms with Crippen molar-refractivity contribution in [2.75, 3.05) is 26.4 Å². The van der Waals surface area contributed by atoms with E-state index in [0.717, 1.165) is 38.0 Å². The first-order valence-electron chi connectivity index (χ1n) is 7.65. The first-order valence-corrected chi connectivity index (χ1v) is 8.76. The lowest BCUT2D eigenvalue weighted by molar-refractivity contribution is -0.182. The molecule has 0 aromatic carbocycles. The second-order valence-electron chi connectivity index (χ2n) is 6.52. The molecule has 0 bridgehead atoms. The zero-order chi connectivity index (χ0) is 15.5. The highest BCUT2D eigenvalue weighted by molar-refractivity contribution is 7.84. The van der Waals surface area contributed by atoms with Gasteiger partial charge in [0.05, 0.1) is 24.6 Å². The van der Waals surface area contributed by atoms with Crippen molar-refractivity contribution in [3.63, 3.8) is 0 Å². The van der Waals surface area contributed by atoms with Crippen LogP contribution in [0.4, 0.5) is 0 Å². The van der Waals surface area contributed by atoms with Crippen LogP contribution in [0.5, 0.6) is 0 Å².